The summed E-state index contributed by atoms with van der Waals surface area (Å²) >= 11 is 0. The van der Waals surface area contributed by atoms with Crippen LogP contribution in [0.25, 0.3) is 11.0 Å². The van der Waals surface area contributed by atoms with Gasteiger partial charge in [0.15, 0.2) is 0 Å². The van der Waals surface area contributed by atoms with Crippen LogP contribution in [0.4, 0.5) is 5.69 Å². The zero-order valence-electron chi connectivity index (χ0n) is 17.9. The fourth-order valence-corrected chi connectivity index (χ4v) is 5.46. The summed E-state index contributed by atoms with van der Waals surface area (Å²) in [5.74, 6) is -0.0901. The lowest BCUT2D eigenvalue weighted by atomic mass is 10.1. The van der Waals surface area contributed by atoms with Crippen LogP contribution in [0.3, 0.4) is 0 Å². The number of H-pyrrole nitrogens is 1. The van der Waals surface area contributed by atoms with Gasteiger partial charge in [0.1, 0.15) is 10.5 Å². The predicted molar refractivity (Wildman–Crippen MR) is 120 cm³/mol. The zero-order chi connectivity index (χ0) is 22.2. The average molecular weight is 442 g/mol. The van der Waals surface area contributed by atoms with Gasteiger partial charge in [0.05, 0.1) is 6.04 Å². The minimum Gasteiger partial charge on any atom is -0.345 e. The number of sulfonamides is 1. The number of amides is 1. The molecule has 0 bridgehead atoms. The number of hydrogen-bond acceptors (Lipinski definition) is 5. The first kappa shape index (κ1) is 21.5. The van der Waals surface area contributed by atoms with Crippen LogP contribution in [-0.4, -0.2) is 65.7 Å². The summed E-state index contributed by atoms with van der Waals surface area (Å²) in [5.41, 5.74) is 3.46. The fourth-order valence-electron chi connectivity index (χ4n) is 3.89. The highest BCUT2D eigenvalue weighted by Crippen LogP contribution is 2.25. The molecule has 0 saturated carbocycles. The van der Waals surface area contributed by atoms with Crippen molar-refractivity contribution in [3.63, 3.8) is 0 Å². The van der Waals surface area contributed by atoms with Crippen molar-refractivity contribution >= 4 is 32.7 Å². The summed E-state index contributed by atoms with van der Waals surface area (Å²) in [6.07, 6.45) is 3.12. The first-order valence-corrected chi connectivity index (χ1v) is 11.8. The second-order valence-electron chi connectivity index (χ2n) is 7.98. The zero-order valence-corrected chi connectivity index (χ0v) is 18.7. The maximum atomic E-state index is 13.2. The Hall–Kier alpha value is -2.75. The Kier molecular flexibility index (Phi) is 5.83. The number of carbonyl (C=O) groups excluding carboxylic acids is 1. The fraction of sp³-hybridized carbons (Fsp3) is 0.364. The predicted octanol–water partition coefficient (Wildman–Crippen LogP) is 2.51. The van der Waals surface area contributed by atoms with Gasteiger partial charge in [-0.3, -0.25) is 9.69 Å². The number of aryl methyl sites for hydroxylation is 2. The van der Waals surface area contributed by atoms with E-state index in [-0.39, 0.29) is 16.8 Å². The lowest BCUT2D eigenvalue weighted by Crippen LogP contribution is -2.53. The molecular formula is C22H27N5O3S. The molecule has 1 aliphatic heterocycles. The first-order chi connectivity index (χ1) is 14.8. The highest BCUT2D eigenvalue weighted by Gasteiger charge is 2.33. The maximum Gasteiger partial charge on any atom is 0.245 e. The molecule has 1 atom stereocenters. The highest BCUT2D eigenvalue weighted by molar-refractivity contribution is 7.89. The molecule has 3 aromatic rings. The molecule has 1 amide bonds. The third-order valence-electron chi connectivity index (χ3n) is 5.88. The Labute approximate surface area is 182 Å². The molecule has 1 saturated heterocycles. The van der Waals surface area contributed by atoms with E-state index in [9.17, 15) is 13.2 Å². The molecular weight excluding hydrogens is 414 g/mol. The van der Waals surface area contributed by atoms with E-state index in [2.05, 4.69) is 15.3 Å². The largest absolute Gasteiger partial charge is 0.345 e. The molecule has 4 rings (SSSR count). The van der Waals surface area contributed by atoms with Crippen molar-refractivity contribution in [2.24, 2.45) is 0 Å². The number of rotatable bonds is 5. The number of nitrogens with zero attached hydrogens (tertiary/aromatic N) is 3. The van der Waals surface area contributed by atoms with Crippen LogP contribution in [-0.2, 0) is 14.8 Å². The molecule has 1 unspecified atom stereocenters. The summed E-state index contributed by atoms with van der Waals surface area (Å²) in [4.78, 5) is 22.1. The van der Waals surface area contributed by atoms with Crippen molar-refractivity contribution in [1.29, 1.82) is 0 Å². The number of piperazine rings is 1. The van der Waals surface area contributed by atoms with E-state index >= 15 is 0 Å². The van der Waals surface area contributed by atoms with Gasteiger partial charge in [-0.25, -0.2) is 13.4 Å². The molecule has 164 valence electrons. The van der Waals surface area contributed by atoms with Gasteiger partial charge in [-0.05, 0) is 50.1 Å². The van der Waals surface area contributed by atoms with Gasteiger partial charge >= 0.3 is 0 Å². The third kappa shape index (κ3) is 4.21. The van der Waals surface area contributed by atoms with E-state index in [1.165, 1.54) is 10.5 Å². The minimum atomic E-state index is -3.64. The number of aromatic amines is 1. The van der Waals surface area contributed by atoms with E-state index in [0.29, 0.717) is 37.2 Å². The van der Waals surface area contributed by atoms with Crippen LogP contribution in [0.15, 0.2) is 47.6 Å². The van der Waals surface area contributed by atoms with Crippen LogP contribution >= 0.6 is 0 Å². The molecule has 2 N–H and O–H groups in total. The number of benzene rings is 1. The van der Waals surface area contributed by atoms with E-state index in [0.717, 1.165) is 16.8 Å². The number of nitrogens with one attached hydrogen (secondary N) is 2. The van der Waals surface area contributed by atoms with Crippen LogP contribution < -0.4 is 5.32 Å². The molecule has 0 aliphatic carbocycles. The van der Waals surface area contributed by atoms with E-state index in [1.807, 2.05) is 43.9 Å². The lowest BCUT2D eigenvalue weighted by molar-refractivity contribution is -0.121. The molecule has 1 aromatic carbocycles. The SMILES string of the molecule is Cc1ccc(C)c(NC(=O)C(C)N2CCN(S(=O)(=O)c3c[nH]c4ncccc34)CC2)c1. The molecule has 9 heteroatoms. The maximum absolute atomic E-state index is 13.2. The van der Waals surface area contributed by atoms with Crippen LogP contribution in [0.2, 0.25) is 0 Å². The molecule has 1 aliphatic rings. The molecule has 8 nitrogen and oxygen atoms in total. The Morgan fingerprint density at radius 2 is 1.90 bits per heavy atom. The van der Waals surface area contributed by atoms with Crippen LogP contribution in [0, 0.1) is 13.8 Å². The van der Waals surface area contributed by atoms with Gasteiger partial charge in [-0.1, -0.05) is 12.1 Å². The van der Waals surface area contributed by atoms with Gasteiger partial charge in [-0.15, -0.1) is 0 Å². The molecule has 0 radical (unpaired) electrons. The second kappa shape index (κ2) is 8.41. The Bertz CT molecular complexity index is 1210. The number of pyridine rings is 1. The first-order valence-electron chi connectivity index (χ1n) is 10.3. The van der Waals surface area contributed by atoms with E-state index in [4.69, 9.17) is 0 Å². The molecule has 2 aromatic heterocycles. The van der Waals surface area contributed by atoms with Gasteiger partial charge < -0.3 is 10.3 Å². The van der Waals surface area contributed by atoms with Gasteiger partial charge in [0.2, 0.25) is 15.9 Å². The topological polar surface area (TPSA) is 98.4 Å². The van der Waals surface area contributed by atoms with Crippen molar-refractivity contribution < 1.29 is 13.2 Å². The van der Waals surface area contributed by atoms with Gasteiger partial charge in [-0.2, -0.15) is 4.31 Å². The number of hydrogen-bond donors (Lipinski definition) is 2. The monoisotopic (exact) mass is 441 g/mol. The van der Waals surface area contributed by atoms with Gasteiger partial charge in [0, 0.05) is 49.6 Å². The smallest absolute Gasteiger partial charge is 0.245 e. The van der Waals surface area contributed by atoms with E-state index in [1.54, 1.807) is 18.3 Å². The summed E-state index contributed by atoms with van der Waals surface area (Å²) in [6.45, 7) is 7.44. The van der Waals surface area contributed by atoms with Gasteiger partial charge in [0.25, 0.3) is 0 Å². The molecule has 31 heavy (non-hydrogen) atoms. The standard InChI is InChI=1S/C22H27N5O3S/c1-15-6-7-16(2)19(13-15)25-22(28)17(3)26-9-11-27(12-10-26)31(29,30)20-14-24-21-18(20)5-4-8-23-21/h4-8,13-14,17H,9-12H2,1-3H3,(H,23,24)(H,25,28). The number of carbonyl (C=O) groups is 1. The van der Waals surface area contributed by atoms with Crippen molar-refractivity contribution in [1.82, 2.24) is 19.2 Å². The number of fused-ring (bicyclic) bond motifs is 1. The Balaban J connectivity index is 1.42. The minimum absolute atomic E-state index is 0.0901. The van der Waals surface area contributed by atoms with Crippen molar-refractivity contribution in [3.05, 3.63) is 53.9 Å². The van der Waals surface area contributed by atoms with Crippen LogP contribution in [0.1, 0.15) is 18.1 Å². The summed E-state index contributed by atoms with van der Waals surface area (Å²) in [6, 6.07) is 9.07. The number of anilines is 1. The normalized spacial score (nSPS) is 17.0. The Morgan fingerprint density at radius 1 is 1.16 bits per heavy atom. The van der Waals surface area contributed by atoms with Crippen LogP contribution in [0.5, 0.6) is 0 Å². The quantitative estimate of drug-likeness (QED) is 0.634. The summed E-state index contributed by atoms with van der Waals surface area (Å²) in [7, 11) is -3.64. The third-order valence-corrected chi connectivity index (χ3v) is 7.82. The Morgan fingerprint density at radius 3 is 2.65 bits per heavy atom. The summed E-state index contributed by atoms with van der Waals surface area (Å²) < 4.78 is 27.8. The van der Waals surface area contributed by atoms with Crippen molar-refractivity contribution in [2.45, 2.75) is 31.7 Å². The van der Waals surface area contributed by atoms with Crippen molar-refractivity contribution in [3.8, 4) is 0 Å². The molecule has 3 heterocycles. The number of aromatic nitrogens is 2. The van der Waals surface area contributed by atoms with E-state index < -0.39 is 10.0 Å². The molecule has 0 spiro atoms. The lowest BCUT2D eigenvalue weighted by Gasteiger charge is -2.36. The summed E-state index contributed by atoms with van der Waals surface area (Å²) in [5, 5.41) is 3.60. The molecule has 1 fully saturated rings. The van der Waals surface area contributed by atoms with Crippen molar-refractivity contribution in [2.75, 3.05) is 31.5 Å². The highest BCUT2D eigenvalue weighted by atomic mass is 32.2. The average Bonchev–Trinajstić information content (AvgIpc) is 3.21. The second-order valence-corrected chi connectivity index (χ2v) is 9.88.